The molecule has 174 valence electrons. The van der Waals surface area contributed by atoms with Gasteiger partial charge in [-0.3, -0.25) is 14.5 Å². The Labute approximate surface area is 200 Å². The number of nitrogens with one attached hydrogen (secondary N) is 1. The molecule has 1 N–H and O–H groups in total. The van der Waals surface area contributed by atoms with Crippen molar-refractivity contribution in [2.75, 3.05) is 45.9 Å². The predicted octanol–water partition coefficient (Wildman–Crippen LogP) is 3.28. The summed E-state index contributed by atoms with van der Waals surface area (Å²) in [4.78, 5) is 30.6. The number of carbonyl (C=O) groups excluding carboxylic acids is 2. The minimum absolute atomic E-state index is 0.0851. The second-order valence-electron chi connectivity index (χ2n) is 9.39. The molecule has 1 aromatic rings. The van der Waals surface area contributed by atoms with Gasteiger partial charge in [0.1, 0.15) is 5.54 Å². The Morgan fingerprint density at radius 2 is 1.91 bits per heavy atom. The summed E-state index contributed by atoms with van der Waals surface area (Å²) < 4.78 is 0. The largest absolute Gasteiger partial charge is 0.344 e. The minimum atomic E-state index is -0.373. The maximum Gasteiger partial charge on any atom is 0.241 e. The van der Waals surface area contributed by atoms with E-state index in [1.54, 1.807) is 0 Å². The van der Waals surface area contributed by atoms with Gasteiger partial charge in [-0.1, -0.05) is 35.3 Å². The van der Waals surface area contributed by atoms with E-state index in [0.29, 0.717) is 23.3 Å². The molecule has 1 spiro atoms. The standard InChI is InChI=1S/C24H32Cl2N4O2/c1-2-10-30-17-27-22(32)24(30)8-13-28(14-9-24)11-3-6-23(7-12-29(16-23)18-31)19-4-5-20(25)21(26)15-19/h2,4-5,15,18H,1,3,6-14,16-17H2,(H,27,32). The van der Waals surface area contributed by atoms with Crippen molar-refractivity contribution in [2.24, 2.45) is 0 Å². The average Bonchev–Trinajstić information content (AvgIpc) is 3.35. The highest BCUT2D eigenvalue weighted by Crippen LogP contribution is 2.41. The smallest absolute Gasteiger partial charge is 0.241 e. The maximum absolute atomic E-state index is 12.6. The Kier molecular flexibility index (Phi) is 7.15. The molecule has 2 amide bonds. The van der Waals surface area contributed by atoms with Crippen LogP contribution in [-0.2, 0) is 15.0 Å². The molecule has 1 atom stereocenters. The first-order valence-corrected chi connectivity index (χ1v) is 12.2. The summed E-state index contributed by atoms with van der Waals surface area (Å²) in [7, 11) is 0. The third-order valence-electron chi connectivity index (χ3n) is 7.69. The number of halogens is 2. The highest BCUT2D eigenvalue weighted by molar-refractivity contribution is 6.42. The number of nitrogens with zero attached hydrogens (tertiary/aromatic N) is 3. The molecule has 3 saturated heterocycles. The van der Waals surface area contributed by atoms with Crippen LogP contribution in [-0.4, -0.2) is 78.5 Å². The molecule has 1 unspecified atom stereocenters. The summed E-state index contributed by atoms with van der Waals surface area (Å²) in [6, 6.07) is 5.88. The van der Waals surface area contributed by atoms with E-state index in [-0.39, 0.29) is 16.9 Å². The Balaban J connectivity index is 1.37. The van der Waals surface area contributed by atoms with Crippen LogP contribution >= 0.6 is 23.2 Å². The highest BCUT2D eigenvalue weighted by Gasteiger charge is 2.49. The average molecular weight is 479 g/mol. The number of likely N-dealkylation sites (tertiary alicyclic amines) is 2. The SMILES string of the molecule is C=CCN1CNC(=O)C12CCN(CCCC1(c3ccc(Cl)c(Cl)c3)CCN(C=O)C1)CC2. The molecule has 4 rings (SSSR count). The highest BCUT2D eigenvalue weighted by atomic mass is 35.5. The quantitative estimate of drug-likeness (QED) is 0.460. The zero-order valence-corrected chi connectivity index (χ0v) is 20.0. The van der Waals surface area contributed by atoms with Gasteiger partial charge < -0.3 is 15.1 Å². The molecule has 0 bridgehead atoms. The lowest BCUT2D eigenvalue weighted by Gasteiger charge is -2.42. The lowest BCUT2D eigenvalue weighted by molar-refractivity contribution is -0.129. The molecular weight excluding hydrogens is 447 g/mol. The second-order valence-corrected chi connectivity index (χ2v) is 10.2. The van der Waals surface area contributed by atoms with Gasteiger partial charge in [-0.25, -0.2) is 0 Å². The first kappa shape index (κ1) is 23.6. The Morgan fingerprint density at radius 1 is 1.12 bits per heavy atom. The van der Waals surface area contributed by atoms with Crippen molar-refractivity contribution in [1.29, 1.82) is 0 Å². The predicted molar refractivity (Wildman–Crippen MR) is 128 cm³/mol. The van der Waals surface area contributed by atoms with Crippen LogP contribution in [0.15, 0.2) is 30.9 Å². The van der Waals surface area contributed by atoms with Crippen LogP contribution in [0.5, 0.6) is 0 Å². The molecule has 1 aromatic carbocycles. The fourth-order valence-corrected chi connectivity index (χ4v) is 6.06. The van der Waals surface area contributed by atoms with Gasteiger partial charge in [0.15, 0.2) is 0 Å². The van der Waals surface area contributed by atoms with Crippen molar-refractivity contribution < 1.29 is 9.59 Å². The Hall–Kier alpha value is -1.60. The lowest BCUT2D eigenvalue weighted by atomic mass is 9.76. The van der Waals surface area contributed by atoms with E-state index >= 15 is 0 Å². The van der Waals surface area contributed by atoms with Crippen molar-refractivity contribution >= 4 is 35.5 Å². The van der Waals surface area contributed by atoms with E-state index in [0.717, 1.165) is 76.8 Å². The number of hydrogen-bond donors (Lipinski definition) is 1. The van der Waals surface area contributed by atoms with Crippen molar-refractivity contribution in [1.82, 2.24) is 20.0 Å². The van der Waals surface area contributed by atoms with Gasteiger partial charge >= 0.3 is 0 Å². The summed E-state index contributed by atoms with van der Waals surface area (Å²) in [5.41, 5.74) is 0.705. The Morgan fingerprint density at radius 3 is 2.56 bits per heavy atom. The van der Waals surface area contributed by atoms with Crippen LogP contribution in [0.4, 0.5) is 0 Å². The number of benzene rings is 1. The van der Waals surface area contributed by atoms with E-state index in [2.05, 4.69) is 27.8 Å². The number of carbonyl (C=O) groups is 2. The summed E-state index contributed by atoms with van der Waals surface area (Å²) >= 11 is 12.5. The molecule has 0 saturated carbocycles. The van der Waals surface area contributed by atoms with Crippen LogP contribution in [0, 0.1) is 0 Å². The van der Waals surface area contributed by atoms with Crippen molar-refractivity contribution in [3.63, 3.8) is 0 Å². The van der Waals surface area contributed by atoms with Gasteiger partial charge in [-0.2, -0.15) is 0 Å². The molecule has 0 aromatic heterocycles. The van der Waals surface area contributed by atoms with Gasteiger partial charge in [0.05, 0.1) is 16.7 Å². The van der Waals surface area contributed by atoms with Crippen molar-refractivity contribution in [3.8, 4) is 0 Å². The van der Waals surface area contributed by atoms with E-state index in [1.165, 1.54) is 0 Å². The van der Waals surface area contributed by atoms with E-state index in [9.17, 15) is 9.59 Å². The molecule has 0 radical (unpaired) electrons. The maximum atomic E-state index is 12.6. The molecule has 3 fully saturated rings. The monoisotopic (exact) mass is 478 g/mol. The summed E-state index contributed by atoms with van der Waals surface area (Å²) in [6.07, 6.45) is 7.48. The molecule has 8 heteroatoms. The first-order chi connectivity index (χ1) is 15.4. The lowest BCUT2D eigenvalue weighted by Crippen LogP contribution is -2.56. The number of rotatable bonds is 8. The zero-order valence-electron chi connectivity index (χ0n) is 18.5. The number of hydrogen-bond acceptors (Lipinski definition) is 4. The van der Waals surface area contributed by atoms with Crippen LogP contribution in [0.3, 0.4) is 0 Å². The summed E-state index contributed by atoms with van der Waals surface area (Å²) in [5, 5.41) is 4.14. The molecule has 6 nitrogen and oxygen atoms in total. The normalized spacial score (nSPS) is 25.9. The van der Waals surface area contributed by atoms with E-state index in [1.807, 2.05) is 23.1 Å². The van der Waals surface area contributed by atoms with E-state index < -0.39 is 0 Å². The van der Waals surface area contributed by atoms with Gasteiger partial charge in [0.25, 0.3) is 0 Å². The molecule has 3 heterocycles. The Bertz CT molecular complexity index is 872. The summed E-state index contributed by atoms with van der Waals surface area (Å²) in [5.74, 6) is 0.164. The van der Waals surface area contributed by atoms with Gasteiger partial charge in [0.2, 0.25) is 12.3 Å². The van der Waals surface area contributed by atoms with Crippen LogP contribution in [0.2, 0.25) is 10.0 Å². The van der Waals surface area contributed by atoms with Crippen molar-refractivity contribution in [2.45, 2.75) is 43.1 Å². The number of piperidine rings is 1. The second kappa shape index (κ2) is 9.72. The third-order valence-corrected chi connectivity index (χ3v) is 8.42. The van der Waals surface area contributed by atoms with Crippen LogP contribution in [0.25, 0.3) is 0 Å². The first-order valence-electron chi connectivity index (χ1n) is 11.4. The van der Waals surface area contributed by atoms with Gasteiger partial charge in [0, 0.05) is 38.1 Å². The number of amides is 2. The summed E-state index contributed by atoms with van der Waals surface area (Å²) in [6.45, 7) is 9.50. The van der Waals surface area contributed by atoms with Crippen LogP contribution in [0.1, 0.15) is 37.7 Å². The fraction of sp³-hybridized carbons (Fsp3) is 0.583. The fourth-order valence-electron chi connectivity index (χ4n) is 5.76. The van der Waals surface area contributed by atoms with Gasteiger partial charge in [-0.15, -0.1) is 6.58 Å². The zero-order chi connectivity index (χ0) is 22.8. The van der Waals surface area contributed by atoms with Gasteiger partial charge in [-0.05, 0) is 56.3 Å². The molecule has 3 aliphatic heterocycles. The molecular formula is C24H32Cl2N4O2. The van der Waals surface area contributed by atoms with Crippen LogP contribution < -0.4 is 5.32 Å². The topological polar surface area (TPSA) is 55.9 Å². The molecule has 3 aliphatic rings. The van der Waals surface area contributed by atoms with E-state index in [4.69, 9.17) is 23.2 Å². The van der Waals surface area contributed by atoms with Crippen molar-refractivity contribution in [3.05, 3.63) is 46.5 Å². The molecule has 0 aliphatic carbocycles. The minimum Gasteiger partial charge on any atom is -0.344 e. The third kappa shape index (κ3) is 4.43. The molecule has 32 heavy (non-hydrogen) atoms.